The second kappa shape index (κ2) is 10.9. The van der Waals surface area contributed by atoms with Crippen molar-refractivity contribution in [2.75, 3.05) is 13.7 Å². The Hall–Kier alpha value is -4.05. The summed E-state index contributed by atoms with van der Waals surface area (Å²) in [5.74, 6) is 1.35. The van der Waals surface area contributed by atoms with Crippen LogP contribution in [0.4, 0.5) is 0 Å². The van der Waals surface area contributed by atoms with Crippen LogP contribution in [0.3, 0.4) is 0 Å². The van der Waals surface area contributed by atoms with E-state index in [1.54, 1.807) is 13.2 Å². The monoisotopic (exact) mass is 466 g/mol. The van der Waals surface area contributed by atoms with E-state index in [0.717, 1.165) is 22.3 Å². The Morgan fingerprint density at radius 1 is 0.857 bits per heavy atom. The molecule has 0 atom stereocenters. The van der Waals surface area contributed by atoms with E-state index in [9.17, 15) is 4.79 Å². The molecule has 0 heterocycles. The van der Waals surface area contributed by atoms with Gasteiger partial charge in [0.15, 0.2) is 18.1 Å². The van der Waals surface area contributed by atoms with Crippen molar-refractivity contribution in [3.8, 4) is 17.2 Å². The molecule has 4 nitrogen and oxygen atoms in total. The van der Waals surface area contributed by atoms with Crippen molar-refractivity contribution in [3.63, 3.8) is 0 Å². The van der Waals surface area contributed by atoms with E-state index in [-0.39, 0.29) is 12.5 Å². The first-order valence-corrected chi connectivity index (χ1v) is 11.7. The number of carbonyl (C=O) groups excluding carboxylic acids is 1. The lowest BCUT2D eigenvalue weighted by atomic mass is 10.0. The maximum atomic E-state index is 12.5. The van der Waals surface area contributed by atoms with Crippen molar-refractivity contribution < 1.29 is 19.0 Å². The van der Waals surface area contributed by atoms with E-state index >= 15 is 0 Å². The molecule has 0 N–H and O–H groups in total. The molecule has 0 aliphatic heterocycles. The van der Waals surface area contributed by atoms with Crippen LogP contribution >= 0.6 is 0 Å². The molecule has 0 bridgehead atoms. The Morgan fingerprint density at radius 3 is 2.46 bits per heavy atom. The molecule has 4 aromatic carbocycles. The zero-order chi connectivity index (χ0) is 24.8. The number of rotatable bonds is 8. The van der Waals surface area contributed by atoms with Crippen LogP contribution in [0.25, 0.3) is 22.9 Å². The summed E-state index contributed by atoms with van der Waals surface area (Å²) >= 11 is 0. The van der Waals surface area contributed by atoms with Gasteiger partial charge < -0.3 is 14.2 Å². The highest BCUT2D eigenvalue weighted by Gasteiger charge is 2.14. The van der Waals surface area contributed by atoms with Gasteiger partial charge in [0.05, 0.1) is 7.11 Å². The van der Waals surface area contributed by atoms with Crippen LogP contribution in [0, 0.1) is 6.92 Å². The van der Waals surface area contributed by atoms with Crippen molar-refractivity contribution >= 4 is 28.9 Å². The van der Waals surface area contributed by atoms with Crippen molar-refractivity contribution in [1.82, 2.24) is 0 Å². The minimum Gasteiger partial charge on any atom is -0.493 e. The average Bonchev–Trinajstić information content (AvgIpc) is 2.86. The average molecular weight is 467 g/mol. The number of hydrogen-bond donors (Lipinski definition) is 0. The number of aryl methyl sites for hydroxylation is 1. The molecule has 0 fully saturated rings. The van der Waals surface area contributed by atoms with E-state index < -0.39 is 5.97 Å². The van der Waals surface area contributed by atoms with E-state index in [1.165, 1.54) is 10.8 Å². The van der Waals surface area contributed by atoms with Gasteiger partial charge in [-0.1, -0.05) is 86.7 Å². The number of carbonyl (C=O) groups is 1. The molecule has 0 amide bonds. The largest absolute Gasteiger partial charge is 0.493 e. The molecule has 4 heteroatoms. The van der Waals surface area contributed by atoms with Gasteiger partial charge in [-0.3, -0.25) is 0 Å². The fourth-order valence-corrected chi connectivity index (χ4v) is 3.99. The minimum absolute atomic E-state index is 0.185. The van der Waals surface area contributed by atoms with Gasteiger partial charge in [0.25, 0.3) is 0 Å². The molecule has 4 aromatic rings. The Morgan fingerprint density at radius 2 is 1.66 bits per heavy atom. The Labute approximate surface area is 206 Å². The second-order valence-electron chi connectivity index (χ2n) is 8.77. The highest BCUT2D eigenvalue weighted by atomic mass is 16.6. The summed E-state index contributed by atoms with van der Waals surface area (Å²) in [4.78, 5) is 12.5. The van der Waals surface area contributed by atoms with Gasteiger partial charge in [0.2, 0.25) is 0 Å². The molecule has 4 rings (SSSR count). The topological polar surface area (TPSA) is 44.8 Å². The van der Waals surface area contributed by atoms with Crippen LogP contribution < -0.4 is 14.2 Å². The number of fused-ring (bicyclic) bond motifs is 1. The van der Waals surface area contributed by atoms with Crippen LogP contribution in [0.1, 0.15) is 42.0 Å². The van der Waals surface area contributed by atoms with E-state index in [4.69, 9.17) is 14.2 Å². The van der Waals surface area contributed by atoms with Crippen molar-refractivity contribution in [2.24, 2.45) is 0 Å². The molecule has 0 radical (unpaired) electrons. The molecule has 0 aliphatic rings. The SMILES string of the molecule is COc1cc(C=Cc2cccc3ccccc23)ccc1OC(=O)COc1cc(C)ccc1C(C)C. The van der Waals surface area contributed by atoms with Crippen LogP contribution in [-0.4, -0.2) is 19.7 Å². The molecular formula is C31H30O4. The Balaban J connectivity index is 1.45. The molecule has 0 saturated carbocycles. The first-order valence-electron chi connectivity index (χ1n) is 11.7. The zero-order valence-corrected chi connectivity index (χ0v) is 20.6. The first-order chi connectivity index (χ1) is 16.9. The quantitative estimate of drug-likeness (QED) is 0.154. The van der Waals surface area contributed by atoms with Gasteiger partial charge in [-0.05, 0) is 64.1 Å². The molecule has 0 spiro atoms. The van der Waals surface area contributed by atoms with Gasteiger partial charge in [-0.25, -0.2) is 4.79 Å². The van der Waals surface area contributed by atoms with Gasteiger partial charge in [0, 0.05) is 0 Å². The summed E-state index contributed by atoms with van der Waals surface area (Å²) in [6.45, 7) is 6.00. The summed E-state index contributed by atoms with van der Waals surface area (Å²) in [5, 5.41) is 2.39. The highest BCUT2D eigenvalue weighted by molar-refractivity contribution is 5.92. The Bertz CT molecular complexity index is 1360. The van der Waals surface area contributed by atoms with Gasteiger partial charge in [0.1, 0.15) is 5.75 Å². The molecule has 0 aromatic heterocycles. The molecule has 0 saturated heterocycles. The van der Waals surface area contributed by atoms with E-state index in [2.05, 4.69) is 44.2 Å². The van der Waals surface area contributed by atoms with Gasteiger partial charge in [-0.2, -0.15) is 0 Å². The van der Waals surface area contributed by atoms with Crippen molar-refractivity contribution in [3.05, 3.63) is 101 Å². The van der Waals surface area contributed by atoms with Crippen molar-refractivity contribution in [1.29, 1.82) is 0 Å². The predicted octanol–water partition coefficient (Wildman–Crippen LogP) is 7.44. The highest BCUT2D eigenvalue weighted by Crippen LogP contribution is 2.30. The molecule has 178 valence electrons. The number of benzene rings is 4. The van der Waals surface area contributed by atoms with Gasteiger partial charge >= 0.3 is 5.97 Å². The number of methoxy groups -OCH3 is 1. The lowest BCUT2D eigenvalue weighted by Gasteiger charge is -2.15. The normalized spacial score (nSPS) is 11.2. The standard InChI is InChI=1S/C31H30O4/c1-21(2)26-16-12-22(3)18-29(26)34-20-31(32)35-28-17-14-23(19-30(28)33-4)13-15-25-10-7-9-24-8-5-6-11-27(24)25/h5-19,21H,20H2,1-4H3. The Kier molecular flexibility index (Phi) is 7.51. The van der Waals surface area contributed by atoms with Crippen LogP contribution in [0.2, 0.25) is 0 Å². The second-order valence-corrected chi connectivity index (χ2v) is 8.77. The third-order valence-electron chi connectivity index (χ3n) is 5.83. The van der Waals surface area contributed by atoms with Crippen LogP contribution in [-0.2, 0) is 4.79 Å². The third kappa shape index (κ3) is 5.90. The summed E-state index contributed by atoms with van der Waals surface area (Å²) in [6.07, 6.45) is 4.09. The minimum atomic E-state index is -0.487. The molecule has 35 heavy (non-hydrogen) atoms. The van der Waals surface area contributed by atoms with Crippen LogP contribution in [0.15, 0.2) is 78.9 Å². The number of ether oxygens (including phenoxy) is 3. The van der Waals surface area contributed by atoms with E-state index in [1.807, 2.05) is 61.5 Å². The van der Waals surface area contributed by atoms with Gasteiger partial charge in [-0.15, -0.1) is 0 Å². The maximum Gasteiger partial charge on any atom is 0.349 e. The predicted molar refractivity (Wildman–Crippen MR) is 142 cm³/mol. The molecule has 0 aliphatic carbocycles. The summed E-state index contributed by atoms with van der Waals surface area (Å²) in [7, 11) is 1.56. The fraction of sp³-hybridized carbons (Fsp3) is 0.194. The summed E-state index contributed by atoms with van der Waals surface area (Å²) in [5.41, 5.74) is 4.20. The first kappa shape index (κ1) is 24.1. The lowest BCUT2D eigenvalue weighted by Crippen LogP contribution is -2.18. The van der Waals surface area contributed by atoms with E-state index in [0.29, 0.717) is 17.2 Å². The molecular weight excluding hydrogens is 436 g/mol. The zero-order valence-electron chi connectivity index (χ0n) is 20.6. The number of hydrogen-bond acceptors (Lipinski definition) is 4. The van der Waals surface area contributed by atoms with Crippen LogP contribution in [0.5, 0.6) is 17.2 Å². The third-order valence-corrected chi connectivity index (χ3v) is 5.83. The fourth-order valence-electron chi connectivity index (χ4n) is 3.99. The summed E-state index contributed by atoms with van der Waals surface area (Å²) in [6, 6.07) is 26.0. The lowest BCUT2D eigenvalue weighted by molar-refractivity contribution is -0.136. The summed E-state index contributed by atoms with van der Waals surface area (Å²) < 4.78 is 16.8. The smallest absolute Gasteiger partial charge is 0.349 e. The number of esters is 1. The van der Waals surface area contributed by atoms with Crippen molar-refractivity contribution in [2.45, 2.75) is 26.7 Å². The molecule has 0 unspecified atom stereocenters. The maximum absolute atomic E-state index is 12.5.